The molecule has 0 spiro atoms. The van der Waals surface area contributed by atoms with E-state index in [9.17, 15) is 0 Å². The van der Waals surface area contributed by atoms with Crippen molar-refractivity contribution in [1.82, 2.24) is 14.8 Å². The summed E-state index contributed by atoms with van der Waals surface area (Å²) in [6.07, 6.45) is 1.68. The second-order valence-corrected chi connectivity index (χ2v) is 4.62. The second-order valence-electron chi connectivity index (χ2n) is 4.62. The summed E-state index contributed by atoms with van der Waals surface area (Å²) in [5.41, 5.74) is 7.08. The lowest BCUT2D eigenvalue weighted by molar-refractivity contribution is 0.414. The first-order chi connectivity index (χ1) is 9.73. The maximum atomic E-state index is 5.96. The molecule has 0 radical (unpaired) electrons. The zero-order chi connectivity index (χ0) is 14.5. The Balaban J connectivity index is 2.37. The van der Waals surface area contributed by atoms with Gasteiger partial charge in [-0.3, -0.25) is 0 Å². The molecule has 1 aromatic carbocycles. The number of benzene rings is 1. The molecule has 0 aliphatic carbocycles. The first-order valence-electron chi connectivity index (χ1n) is 7.01. The van der Waals surface area contributed by atoms with Gasteiger partial charge in [0, 0.05) is 19.4 Å². The highest BCUT2D eigenvalue weighted by Gasteiger charge is 2.18. The van der Waals surface area contributed by atoms with Crippen LogP contribution in [0.1, 0.15) is 37.1 Å². The molecule has 0 amide bonds. The molecule has 0 bridgehead atoms. The molecule has 20 heavy (non-hydrogen) atoms. The third kappa shape index (κ3) is 2.82. The van der Waals surface area contributed by atoms with Crippen molar-refractivity contribution >= 4 is 0 Å². The molecule has 0 saturated carbocycles. The average Bonchev–Trinajstić information content (AvgIpc) is 2.92. The number of nitrogens with zero attached hydrogens (tertiary/aromatic N) is 3. The average molecular weight is 274 g/mol. The molecule has 5 nitrogen and oxygen atoms in total. The van der Waals surface area contributed by atoms with Crippen LogP contribution in [0, 0.1) is 0 Å². The van der Waals surface area contributed by atoms with Crippen LogP contribution in [0.5, 0.6) is 5.75 Å². The van der Waals surface area contributed by atoms with Gasteiger partial charge in [-0.05, 0) is 17.7 Å². The molecule has 0 fully saturated rings. The summed E-state index contributed by atoms with van der Waals surface area (Å²) in [7, 11) is 1.66. The molecule has 2 N–H and O–H groups in total. The summed E-state index contributed by atoms with van der Waals surface area (Å²) < 4.78 is 7.15. The monoisotopic (exact) mass is 274 g/mol. The van der Waals surface area contributed by atoms with Crippen LogP contribution in [0.15, 0.2) is 24.3 Å². The summed E-state index contributed by atoms with van der Waals surface area (Å²) in [5.74, 6) is 2.69. The summed E-state index contributed by atoms with van der Waals surface area (Å²) in [6, 6.07) is 7.97. The van der Waals surface area contributed by atoms with Crippen molar-refractivity contribution in [3.05, 3.63) is 41.5 Å². The van der Waals surface area contributed by atoms with Crippen LogP contribution in [0.2, 0.25) is 0 Å². The fraction of sp³-hybridized carbons (Fsp3) is 0.467. The molecule has 0 saturated heterocycles. The van der Waals surface area contributed by atoms with E-state index >= 15 is 0 Å². The van der Waals surface area contributed by atoms with Crippen molar-refractivity contribution in [2.24, 2.45) is 5.73 Å². The Bertz CT molecular complexity index is 548. The van der Waals surface area contributed by atoms with E-state index in [0.717, 1.165) is 35.8 Å². The lowest BCUT2D eigenvalue weighted by atomic mass is 10.1. The van der Waals surface area contributed by atoms with E-state index in [4.69, 9.17) is 10.5 Å². The highest BCUT2D eigenvalue weighted by Crippen LogP contribution is 2.21. The van der Waals surface area contributed by atoms with Gasteiger partial charge in [-0.2, -0.15) is 5.10 Å². The number of aryl methyl sites for hydroxylation is 2. The number of methoxy groups -OCH3 is 1. The number of ether oxygens (including phenoxy) is 1. The van der Waals surface area contributed by atoms with Gasteiger partial charge in [-0.1, -0.05) is 26.0 Å². The van der Waals surface area contributed by atoms with Crippen molar-refractivity contribution in [3.63, 3.8) is 0 Å². The maximum absolute atomic E-state index is 5.96. The minimum atomic E-state index is 0.0173. The SMILES string of the molecule is CCc1nc(CC)n(C(CN)c2ccc(OC)cc2)n1. The van der Waals surface area contributed by atoms with Crippen LogP contribution in [-0.2, 0) is 12.8 Å². The Morgan fingerprint density at radius 1 is 1.20 bits per heavy atom. The number of aromatic nitrogens is 3. The summed E-state index contributed by atoms with van der Waals surface area (Å²) in [6.45, 7) is 4.64. The van der Waals surface area contributed by atoms with E-state index < -0.39 is 0 Å². The van der Waals surface area contributed by atoms with Crippen LogP contribution < -0.4 is 10.5 Å². The predicted molar refractivity (Wildman–Crippen MR) is 79.0 cm³/mol. The zero-order valence-corrected chi connectivity index (χ0v) is 12.3. The van der Waals surface area contributed by atoms with Crippen molar-refractivity contribution < 1.29 is 4.74 Å². The number of hydrogen-bond acceptors (Lipinski definition) is 4. The fourth-order valence-electron chi connectivity index (χ4n) is 2.25. The van der Waals surface area contributed by atoms with E-state index in [1.807, 2.05) is 28.9 Å². The van der Waals surface area contributed by atoms with Gasteiger partial charge in [0.15, 0.2) is 5.82 Å². The minimum Gasteiger partial charge on any atom is -0.497 e. The molecule has 0 aliphatic rings. The minimum absolute atomic E-state index is 0.0173. The van der Waals surface area contributed by atoms with E-state index in [1.54, 1.807) is 7.11 Å². The normalized spacial score (nSPS) is 12.4. The number of hydrogen-bond donors (Lipinski definition) is 1. The smallest absolute Gasteiger partial charge is 0.150 e. The second kappa shape index (κ2) is 6.52. The van der Waals surface area contributed by atoms with E-state index in [-0.39, 0.29) is 6.04 Å². The van der Waals surface area contributed by atoms with Gasteiger partial charge >= 0.3 is 0 Å². The van der Waals surface area contributed by atoms with Crippen molar-refractivity contribution in [2.75, 3.05) is 13.7 Å². The van der Waals surface area contributed by atoms with Crippen LogP contribution in [0.25, 0.3) is 0 Å². The Hall–Kier alpha value is -1.88. The Kier molecular flexibility index (Phi) is 4.74. The van der Waals surface area contributed by atoms with Gasteiger partial charge in [0.1, 0.15) is 11.6 Å². The van der Waals surface area contributed by atoms with Crippen LogP contribution in [0.4, 0.5) is 0 Å². The summed E-state index contributed by atoms with van der Waals surface area (Å²) in [4.78, 5) is 4.55. The molecular formula is C15H22N4O. The van der Waals surface area contributed by atoms with Gasteiger partial charge in [0.05, 0.1) is 13.2 Å². The molecule has 1 heterocycles. The van der Waals surface area contributed by atoms with Gasteiger partial charge < -0.3 is 10.5 Å². The maximum Gasteiger partial charge on any atom is 0.150 e. The predicted octanol–water partition coefficient (Wildman–Crippen LogP) is 1.96. The van der Waals surface area contributed by atoms with Crippen molar-refractivity contribution in [3.8, 4) is 5.75 Å². The Morgan fingerprint density at radius 2 is 1.90 bits per heavy atom. The molecular weight excluding hydrogens is 252 g/mol. The lowest BCUT2D eigenvalue weighted by Crippen LogP contribution is -2.23. The first-order valence-corrected chi connectivity index (χ1v) is 7.01. The molecule has 2 aromatic rings. The summed E-state index contributed by atoms with van der Waals surface area (Å²) in [5, 5.41) is 4.58. The zero-order valence-electron chi connectivity index (χ0n) is 12.3. The van der Waals surface area contributed by atoms with Gasteiger partial charge in [-0.15, -0.1) is 0 Å². The van der Waals surface area contributed by atoms with E-state index in [2.05, 4.69) is 23.9 Å². The quantitative estimate of drug-likeness (QED) is 0.874. The standard InChI is InChI=1S/C15H22N4O/c1-4-14-17-15(5-2)19(18-14)13(10-16)11-6-8-12(20-3)9-7-11/h6-9,13H,4-5,10,16H2,1-3H3. The third-order valence-electron chi connectivity index (χ3n) is 3.40. The Morgan fingerprint density at radius 3 is 2.40 bits per heavy atom. The van der Waals surface area contributed by atoms with Gasteiger partial charge in [-0.25, -0.2) is 9.67 Å². The largest absolute Gasteiger partial charge is 0.497 e. The topological polar surface area (TPSA) is 66.0 Å². The number of rotatable bonds is 6. The van der Waals surface area contributed by atoms with Crippen LogP contribution in [0.3, 0.4) is 0 Å². The molecule has 1 unspecified atom stereocenters. The highest BCUT2D eigenvalue weighted by atomic mass is 16.5. The molecule has 108 valence electrons. The molecule has 2 rings (SSSR count). The van der Waals surface area contributed by atoms with E-state index in [1.165, 1.54) is 0 Å². The Labute approximate surface area is 119 Å². The fourth-order valence-corrected chi connectivity index (χ4v) is 2.25. The molecule has 1 atom stereocenters. The highest BCUT2D eigenvalue weighted by molar-refractivity contribution is 5.29. The molecule has 1 aromatic heterocycles. The van der Waals surface area contributed by atoms with Gasteiger partial charge in [0.2, 0.25) is 0 Å². The first kappa shape index (κ1) is 14.5. The van der Waals surface area contributed by atoms with Crippen LogP contribution in [-0.4, -0.2) is 28.4 Å². The van der Waals surface area contributed by atoms with Crippen LogP contribution >= 0.6 is 0 Å². The van der Waals surface area contributed by atoms with Crippen molar-refractivity contribution in [2.45, 2.75) is 32.7 Å². The third-order valence-corrected chi connectivity index (χ3v) is 3.40. The van der Waals surface area contributed by atoms with Crippen molar-refractivity contribution in [1.29, 1.82) is 0 Å². The van der Waals surface area contributed by atoms with Gasteiger partial charge in [0.25, 0.3) is 0 Å². The summed E-state index contributed by atoms with van der Waals surface area (Å²) >= 11 is 0. The number of nitrogens with two attached hydrogens (primary N) is 1. The molecule has 5 heteroatoms. The molecule has 0 aliphatic heterocycles. The van der Waals surface area contributed by atoms with E-state index in [0.29, 0.717) is 6.54 Å². The lowest BCUT2D eigenvalue weighted by Gasteiger charge is -2.18.